The maximum atomic E-state index is 9.88. The zero-order valence-electron chi connectivity index (χ0n) is 11.7. The Balaban J connectivity index is 3.58. The third kappa shape index (κ3) is 10.7. The molecule has 0 saturated carbocycles. The molecule has 5 heteroatoms. The largest absolute Gasteiger partial charge is 0.390 e. The fourth-order valence-corrected chi connectivity index (χ4v) is 1.57. The van der Waals surface area contributed by atoms with Gasteiger partial charge in [-0.15, -0.1) is 0 Å². The van der Waals surface area contributed by atoms with E-state index >= 15 is 0 Å². The number of hydrogen-bond donors (Lipinski definition) is 1. The quantitative estimate of drug-likeness (QED) is 0.517. The molecule has 0 bridgehead atoms. The lowest BCUT2D eigenvalue weighted by molar-refractivity contribution is 0.0648. The molecule has 1 N–H and O–H groups in total. The van der Waals surface area contributed by atoms with E-state index in [2.05, 4.69) is 9.80 Å². The van der Waals surface area contributed by atoms with Crippen molar-refractivity contribution in [2.45, 2.75) is 13.0 Å². The Hall–Kier alpha value is -0.200. The fraction of sp³-hybridized carbons (Fsp3) is 1.00. The number of aliphatic hydroxyl groups excluding tert-OH is 1. The van der Waals surface area contributed by atoms with Crippen LogP contribution in [-0.4, -0.2) is 88.2 Å². The summed E-state index contributed by atoms with van der Waals surface area (Å²) >= 11 is 0. The van der Waals surface area contributed by atoms with Gasteiger partial charge in [-0.05, 0) is 21.0 Å². The van der Waals surface area contributed by atoms with Crippen LogP contribution in [0.4, 0.5) is 0 Å². The second-order valence-electron chi connectivity index (χ2n) is 4.37. The van der Waals surface area contributed by atoms with Gasteiger partial charge in [0.15, 0.2) is 0 Å². The number of rotatable bonds is 11. The highest BCUT2D eigenvalue weighted by Crippen LogP contribution is 1.93. The van der Waals surface area contributed by atoms with Gasteiger partial charge in [0, 0.05) is 39.9 Å². The topological polar surface area (TPSA) is 45.2 Å². The summed E-state index contributed by atoms with van der Waals surface area (Å²) in [4.78, 5) is 4.16. The molecule has 0 saturated heterocycles. The van der Waals surface area contributed by atoms with Gasteiger partial charge in [0.1, 0.15) is 0 Å². The number of nitrogens with zero attached hydrogens (tertiary/aromatic N) is 2. The minimum absolute atomic E-state index is 0.330. The van der Waals surface area contributed by atoms with E-state index in [1.807, 2.05) is 21.0 Å². The molecule has 0 radical (unpaired) electrons. The van der Waals surface area contributed by atoms with Crippen molar-refractivity contribution in [1.82, 2.24) is 9.80 Å². The van der Waals surface area contributed by atoms with Crippen molar-refractivity contribution in [3.05, 3.63) is 0 Å². The lowest BCUT2D eigenvalue weighted by atomic mass is 10.3. The second-order valence-corrected chi connectivity index (χ2v) is 4.37. The van der Waals surface area contributed by atoms with Gasteiger partial charge in [0.25, 0.3) is 0 Å². The van der Waals surface area contributed by atoms with Crippen molar-refractivity contribution in [2.75, 3.05) is 67.2 Å². The van der Waals surface area contributed by atoms with Crippen LogP contribution >= 0.6 is 0 Å². The Kier molecular flexibility index (Phi) is 10.8. The van der Waals surface area contributed by atoms with Gasteiger partial charge in [-0.25, -0.2) is 0 Å². The summed E-state index contributed by atoms with van der Waals surface area (Å²) in [7, 11) is 5.67. The molecular weight excluding hydrogens is 220 g/mol. The molecule has 0 unspecified atom stereocenters. The molecule has 0 spiro atoms. The number of methoxy groups -OCH3 is 1. The predicted octanol–water partition coefficient (Wildman–Crippen LogP) is -0.106. The van der Waals surface area contributed by atoms with Crippen molar-refractivity contribution in [1.29, 1.82) is 0 Å². The molecule has 0 heterocycles. The molecule has 5 nitrogen and oxygen atoms in total. The minimum atomic E-state index is -0.330. The van der Waals surface area contributed by atoms with Crippen LogP contribution in [0.15, 0.2) is 0 Å². The smallest absolute Gasteiger partial charge is 0.0793 e. The Bertz CT molecular complexity index is 170. The predicted molar refractivity (Wildman–Crippen MR) is 69.4 cm³/mol. The van der Waals surface area contributed by atoms with E-state index in [1.54, 1.807) is 7.11 Å². The summed E-state index contributed by atoms with van der Waals surface area (Å²) in [6.45, 7) is 7.19. The molecule has 0 aliphatic carbocycles. The lowest BCUT2D eigenvalue weighted by Crippen LogP contribution is -2.39. The highest BCUT2D eigenvalue weighted by Gasteiger charge is 2.10. The monoisotopic (exact) mass is 248 g/mol. The number of aliphatic hydroxyl groups is 1. The van der Waals surface area contributed by atoms with E-state index in [1.165, 1.54) is 0 Å². The van der Waals surface area contributed by atoms with Crippen molar-refractivity contribution >= 4 is 0 Å². The van der Waals surface area contributed by atoms with E-state index in [9.17, 15) is 5.11 Å². The van der Waals surface area contributed by atoms with Crippen molar-refractivity contribution in [3.63, 3.8) is 0 Å². The van der Waals surface area contributed by atoms with E-state index in [4.69, 9.17) is 9.47 Å². The Morgan fingerprint density at radius 3 is 2.06 bits per heavy atom. The maximum absolute atomic E-state index is 9.88. The average Bonchev–Trinajstić information content (AvgIpc) is 2.26. The summed E-state index contributed by atoms with van der Waals surface area (Å²) in [5, 5.41) is 9.88. The summed E-state index contributed by atoms with van der Waals surface area (Å²) in [5.41, 5.74) is 0. The first-order valence-electron chi connectivity index (χ1n) is 6.22. The van der Waals surface area contributed by atoms with Gasteiger partial charge in [-0.1, -0.05) is 0 Å². The highest BCUT2D eigenvalue weighted by atomic mass is 16.5. The molecule has 0 aromatic rings. The van der Waals surface area contributed by atoms with E-state index < -0.39 is 0 Å². The molecule has 104 valence electrons. The first-order valence-corrected chi connectivity index (χ1v) is 6.22. The molecule has 0 aliphatic heterocycles. The van der Waals surface area contributed by atoms with Crippen LogP contribution < -0.4 is 0 Å². The van der Waals surface area contributed by atoms with Crippen LogP contribution in [0.3, 0.4) is 0 Å². The third-order valence-electron chi connectivity index (χ3n) is 2.54. The normalized spacial score (nSPS) is 13.6. The van der Waals surface area contributed by atoms with Crippen LogP contribution in [0.5, 0.6) is 0 Å². The average molecular weight is 248 g/mol. The van der Waals surface area contributed by atoms with E-state index in [0.29, 0.717) is 19.7 Å². The zero-order valence-corrected chi connectivity index (χ0v) is 11.7. The molecule has 0 fully saturated rings. The highest BCUT2D eigenvalue weighted by molar-refractivity contribution is 4.65. The van der Waals surface area contributed by atoms with Crippen LogP contribution in [-0.2, 0) is 9.47 Å². The van der Waals surface area contributed by atoms with E-state index in [0.717, 1.165) is 26.3 Å². The minimum Gasteiger partial charge on any atom is -0.390 e. The molecule has 0 rings (SSSR count). The summed E-state index contributed by atoms with van der Waals surface area (Å²) in [6, 6.07) is 0. The van der Waals surface area contributed by atoms with Crippen molar-refractivity contribution in [2.24, 2.45) is 0 Å². The summed E-state index contributed by atoms with van der Waals surface area (Å²) in [6.07, 6.45) is -0.330. The summed E-state index contributed by atoms with van der Waals surface area (Å²) in [5.74, 6) is 0. The van der Waals surface area contributed by atoms with Gasteiger partial charge in [0.2, 0.25) is 0 Å². The first-order chi connectivity index (χ1) is 8.10. The van der Waals surface area contributed by atoms with Crippen molar-refractivity contribution in [3.8, 4) is 0 Å². The van der Waals surface area contributed by atoms with Gasteiger partial charge in [0.05, 0.1) is 19.3 Å². The number of likely N-dealkylation sites (N-methyl/N-ethyl adjacent to an activating group) is 2. The lowest BCUT2D eigenvalue weighted by Gasteiger charge is -2.24. The Labute approximate surface area is 105 Å². The maximum Gasteiger partial charge on any atom is 0.0793 e. The van der Waals surface area contributed by atoms with Crippen molar-refractivity contribution < 1.29 is 14.6 Å². The fourth-order valence-electron chi connectivity index (χ4n) is 1.57. The van der Waals surface area contributed by atoms with Gasteiger partial charge >= 0.3 is 0 Å². The van der Waals surface area contributed by atoms with Gasteiger partial charge in [-0.3, -0.25) is 0 Å². The Morgan fingerprint density at radius 1 is 1.06 bits per heavy atom. The molecule has 0 amide bonds. The molecule has 0 aliphatic rings. The second kappa shape index (κ2) is 10.9. The molecule has 0 aromatic carbocycles. The molecule has 17 heavy (non-hydrogen) atoms. The third-order valence-corrected chi connectivity index (χ3v) is 2.54. The summed E-state index contributed by atoms with van der Waals surface area (Å²) < 4.78 is 10.3. The van der Waals surface area contributed by atoms with E-state index in [-0.39, 0.29) is 6.10 Å². The van der Waals surface area contributed by atoms with Crippen LogP contribution in [0.25, 0.3) is 0 Å². The van der Waals surface area contributed by atoms with Crippen LogP contribution in [0.2, 0.25) is 0 Å². The molecular formula is C12H28N2O3. The number of hydrogen-bond acceptors (Lipinski definition) is 5. The Morgan fingerprint density at radius 2 is 1.59 bits per heavy atom. The van der Waals surface area contributed by atoms with Gasteiger partial charge < -0.3 is 24.4 Å². The van der Waals surface area contributed by atoms with Crippen LogP contribution in [0, 0.1) is 0 Å². The standard InChI is InChI=1S/C12H28N2O3/c1-5-17-9-7-14(3)11-12(15)10-13(2)6-8-16-4/h12,15H,5-11H2,1-4H3/t12-/m1/s1. The van der Waals surface area contributed by atoms with Crippen LogP contribution in [0.1, 0.15) is 6.92 Å². The molecule has 0 aromatic heterocycles. The first kappa shape index (κ1) is 16.8. The zero-order chi connectivity index (χ0) is 13.1. The SMILES string of the molecule is CCOCCN(C)C[C@H](O)CN(C)CCOC. The molecule has 1 atom stereocenters. The number of ether oxygens (including phenoxy) is 2. The van der Waals surface area contributed by atoms with Gasteiger partial charge in [-0.2, -0.15) is 0 Å².